The second-order valence-electron chi connectivity index (χ2n) is 6.77. The van der Waals surface area contributed by atoms with Crippen molar-refractivity contribution in [3.63, 3.8) is 0 Å². The van der Waals surface area contributed by atoms with Gasteiger partial charge in [0.2, 0.25) is 5.91 Å². The fourth-order valence-corrected chi connectivity index (χ4v) is 3.39. The molecule has 1 unspecified atom stereocenters. The van der Waals surface area contributed by atoms with E-state index in [9.17, 15) is 9.90 Å². The number of aliphatic hydroxyl groups excluding tert-OH is 1. The lowest BCUT2D eigenvalue weighted by molar-refractivity contribution is -0.117. The summed E-state index contributed by atoms with van der Waals surface area (Å²) in [5, 5.41) is 15.6. The van der Waals surface area contributed by atoms with Gasteiger partial charge >= 0.3 is 0 Å². The highest BCUT2D eigenvalue weighted by molar-refractivity contribution is 7.09. The largest absolute Gasteiger partial charge is 0.491 e. The number of primary amides is 1. The fourth-order valence-electron chi connectivity index (χ4n) is 2.46. The van der Waals surface area contributed by atoms with Crippen molar-refractivity contribution in [3.05, 3.63) is 52.2 Å². The van der Waals surface area contributed by atoms with Crippen LogP contribution in [-0.4, -0.2) is 35.8 Å². The molecule has 4 N–H and O–H groups in total. The second kappa shape index (κ2) is 8.99. The number of carbonyl (C=O) groups excluding carboxylic acids is 1. The van der Waals surface area contributed by atoms with Crippen LogP contribution in [0.3, 0.4) is 0 Å². The van der Waals surface area contributed by atoms with Crippen molar-refractivity contribution in [2.45, 2.75) is 38.3 Å². The highest BCUT2D eigenvalue weighted by Crippen LogP contribution is 2.17. The number of β-amino-alcohol motifs (C(OH)–C–C–N with tert-alkyl or cyclic N) is 1. The average molecular weight is 362 g/mol. The Bertz CT molecular complexity index is 654. The number of thiophene rings is 1. The molecular formula is C19H26N2O3S. The molecule has 0 spiro atoms. The monoisotopic (exact) mass is 362 g/mol. The molecular weight excluding hydrogens is 336 g/mol. The van der Waals surface area contributed by atoms with E-state index in [0.717, 1.165) is 12.0 Å². The first kappa shape index (κ1) is 19.4. The lowest BCUT2D eigenvalue weighted by Gasteiger charge is -2.27. The minimum Gasteiger partial charge on any atom is -0.491 e. The third kappa shape index (κ3) is 7.25. The zero-order valence-electron chi connectivity index (χ0n) is 14.7. The van der Waals surface area contributed by atoms with Crippen molar-refractivity contribution in [1.29, 1.82) is 0 Å². The molecule has 6 heteroatoms. The number of amides is 1. The van der Waals surface area contributed by atoms with Gasteiger partial charge in [-0.05, 0) is 49.4 Å². The number of nitrogens with one attached hydrogen (secondary N) is 1. The van der Waals surface area contributed by atoms with Crippen LogP contribution in [-0.2, 0) is 17.6 Å². The maximum Gasteiger partial charge on any atom is 0.221 e. The van der Waals surface area contributed by atoms with Gasteiger partial charge in [0.05, 0.1) is 6.42 Å². The van der Waals surface area contributed by atoms with Crippen molar-refractivity contribution in [2.75, 3.05) is 13.2 Å². The maximum atomic E-state index is 10.9. The van der Waals surface area contributed by atoms with Crippen molar-refractivity contribution in [2.24, 2.45) is 5.73 Å². The van der Waals surface area contributed by atoms with Gasteiger partial charge in [-0.3, -0.25) is 4.79 Å². The smallest absolute Gasteiger partial charge is 0.221 e. The molecule has 0 aliphatic carbocycles. The van der Waals surface area contributed by atoms with Crippen LogP contribution in [0, 0.1) is 0 Å². The first-order chi connectivity index (χ1) is 11.8. The van der Waals surface area contributed by atoms with Crippen LogP contribution in [0.15, 0.2) is 41.8 Å². The minimum absolute atomic E-state index is 0.0950. The van der Waals surface area contributed by atoms with Crippen LogP contribution in [0.2, 0.25) is 0 Å². The summed E-state index contributed by atoms with van der Waals surface area (Å²) in [5.74, 6) is 0.297. The van der Waals surface area contributed by atoms with Crippen LogP contribution in [0.4, 0.5) is 0 Å². The summed E-state index contributed by atoms with van der Waals surface area (Å²) in [6.45, 7) is 4.91. The fraction of sp³-hybridized carbons (Fsp3) is 0.421. The Hall–Kier alpha value is -1.89. The van der Waals surface area contributed by atoms with Crippen molar-refractivity contribution < 1.29 is 14.6 Å². The molecule has 5 nitrogen and oxygen atoms in total. The van der Waals surface area contributed by atoms with Crippen LogP contribution in [0.25, 0.3) is 0 Å². The summed E-state index contributed by atoms with van der Waals surface area (Å²) in [5.41, 5.74) is 5.91. The number of hydrogen-bond donors (Lipinski definition) is 3. The Morgan fingerprint density at radius 2 is 2.04 bits per heavy atom. The number of carbonyl (C=O) groups is 1. The summed E-state index contributed by atoms with van der Waals surface area (Å²) in [7, 11) is 0. The molecule has 2 aromatic rings. The van der Waals surface area contributed by atoms with Crippen molar-refractivity contribution >= 4 is 17.2 Å². The molecule has 0 saturated carbocycles. The van der Waals surface area contributed by atoms with E-state index >= 15 is 0 Å². The molecule has 0 bridgehead atoms. The lowest BCUT2D eigenvalue weighted by Crippen LogP contribution is -2.46. The molecule has 0 radical (unpaired) electrons. The number of benzene rings is 1. The Morgan fingerprint density at radius 3 is 2.64 bits per heavy atom. The summed E-state index contributed by atoms with van der Waals surface area (Å²) in [6, 6.07) is 11.3. The van der Waals surface area contributed by atoms with E-state index < -0.39 is 6.10 Å². The van der Waals surface area contributed by atoms with E-state index in [2.05, 4.69) is 30.6 Å². The molecule has 1 aromatic carbocycles. The molecule has 0 aliphatic heterocycles. The van der Waals surface area contributed by atoms with E-state index in [4.69, 9.17) is 10.5 Å². The first-order valence-corrected chi connectivity index (χ1v) is 9.17. The van der Waals surface area contributed by atoms with Gasteiger partial charge in [0, 0.05) is 17.0 Å². The topological polar surface area (TPSA) is 84.6 Å². The Balaban J connectivity index is 1.72. The molecule has 0 fully saturated rings. The Labute approximate surface area is 152 Å². The third-order valence-electron chi connectivity index (χ3n) is 3.76. The predicted molar refractivity (Wildman–Crippen MR) is 101 cm³/mol. The standard InChI is InChI=1S/C19H26N2O3S/c1-19(2,11-17-4-3-9-25-17)21-12-15(22)13-24-16-7-5-14(6-8-16)10-18(20)23/h3-9,15,21-22H,10-13H2,1-2H3,(H2,20,23). The second-order valence-corrected chi connectivity index (χ2v) is 7.81. The summed E-state index contributed by atoms with van der Waals surface area (Å²) < 4.78 is 5.59. The first-order valence-electron chi connectivity index (χ1n) is 8.29. The zero-order chi connectivity index (χ0) is 18.3. The van der Waals surface area contributed by atoms with E-state index in [1.165, 1.54) is 4.88 Å². The molecule has 1 heterocycles. The number of hydrogen-bond acceptors (Lipinski definition) is 5. The van der Waals surface area contributed by atoms with Gasteiger partial charge in [-0.15, -0.1) is 11.3 Å². The van der Waals surface area contributed by atoms with Gasteiger partial charge in [-0.1, -0.05) is 18.2 Å². The minimum atomic E-state index is -0.604. The highest BCUT2D eigenvalue weighted by atomic mass is 32.1. The van der Waals surface area contributed by atoms with Gasteiger partial charge < -0.3 is 20.9 Å². The van der Waals surface area contributed by atoms with Crippen LogP contribution in [0.5, 0.6) is 5.75 Å². The average Bonchev–Trinajstić information content (AvgIpc) is 3.04. The lowest BCUT2D eigenvalue weighted by atomic mass is 9.99. The molecule has 136 valence electrons. The highest BCUT2D eigenvalue weighted by Gasteiger charge is 2.19. The quantitative estimate of drug-likeness (QED) is 0.604. The SMILES string of the molecule is CC(C)(Cc1cccs1)NCC(O)COc1ccc(CC(N)=O)cc1. The molecule has 1 aromatic heterocycles. The van der Waals surface area contributed by atoms with E-state index in [-0.39, 0.29) is 24.5 Å². The predicted octanol–water partition coefficient (Wildman–Crippen LogP) is 2.13. The maximum absolute atomic E-state index is 10.9. The number of aliphatic hydroxyl groups is 1. The van der Waals surface area contributed by atoms with E-state index in [0.29, 0.717) is 12.3 Å². The molecule has 0 saturated heterocycles. The molecule has 1 amide bonds. The molecule has 0 aliphatic rings. The van der Waals surface area contributed by atoms with E-state index in [1.54, 1.807) is 35.6 Å². The van der Waals surface area contributed by atoms with Crippen molar-refractivity contribution in [1.82, 2.24) is 5.32 Å². The summed E-state index contributed by atoms with van der Waals surface area (Å²) in [4.78, 5) is 12.2. The Morgan fingerprint density at radius 1 is 1.32 bits per heavy atom. The molecule has 2 rings (SSSR count). The number of nitrogens with two attached hydrogens (primary N) is 1. The van der Waals surface area contributed by atoms with Crippen LogP contribution >= 0.6 is 11.3 Å². The van der Waals surface area contributed by atoms with Gasteiger partial charge in [0.15, 0.2) is 0 Å². The van der Waals surface area contributed by atoms with E-state index in [1.807, 2.05) is 6.07 Å². The Kier molecular flexibility index (Phi) is 6.99. The third-order valence-corrected chi connectivity index (χ3v) is 4.63. The van der Waals surface area contributed by atoms with Crippen molar-refractivity contribution in [3.8, 4) is 5.75 Å². The van der Waals surface area contributed by atoms with Gasteiger partial charge in [-0.25, -0.2) is 0 Å². The van der Waals surface area contributed by atoms with Gasteiger partial charge in [0.25, 0.3) is 0 Å². The van der Waals surface area contributed by atoms with Gasteiger partial charge in [-0.2, -0.15) is 0 Å². The number of rotatable bonds is 10. The van der Waals surface area contributed by atoms with Crippen LogP contribution < -0.4 is 15.8 Å². The molecule has 1 atom stereocenters. The number of ether oxygens (including phenoxy) is 1. The normalized spacial score (nSPS) is 12.8. The van der Waals surface area contributed by atoms with Crippen LogP contribution in [0.1, 0.15) is 24.3 Å². The summed E-state index contributed by atoms with van der Waals surface area (Å²) in [6.07, 6.45) is 0.527. The molecule has 25 heavy (non-hydrogen) atoms. The summed E-state index contributed by atoms with van der Waals surface area (Å²) >= 11 is 1.74. The zero-order valence-corrected chi connectivity index (χ0v) is 15.5. The van der Waals surface area contributed by atoms with Gasteiger partial charge in [0.1, 0.15) is 18.5 Å².